The lowest BCUT2D eigenvalue weighted by Gasteiger charge is -2.07. The lowest BCUT2D eigenvalue weighted by Crippen LogP contribution is -2.01. The van der Waals surface area contributed by atoms with E-state index in [1.165, 1.54) is 12.8 Å². The third kappa shape index (κ3) is 3.23. The number of halogens is 1. The second kappa shape index (κ2) is 4.87. The standard InChI is InChI=1S/C12H13BrO3/c13-10-5-9(12(14)15)6-11(7-10)16-4-3-8-1-2-8/h5-8H,1-4H2,(H,14,15). The Hall–Kier alpha value is -1.03. The molecule has 0 atom stereocenters. The average molecular weight is 285 g/mol. The van der Waals surface area contributed by atoms with Gasteiger partial charge in [0.15, 0.2) is 0 Å². The summed E-state index contributed by atoms with van der Waals surface area (Å²) in [6.45, 7) is 0.667. The third-order valence-electron chi connectivity index (χ3n) is 2.61. The van der Waals surface area contributed by atoms with Gasteiger partial charge >= 0.3 is 5.97 Å². The number of hydrogen-bond acceptors (Lipinski definition) is 2. The molecule has 16 heavy (non-hydrogen) atoms. The Morgan fingerprint density at radius 1 is 1.44 bits per heavy atom. The zero-order chi connectivity index (χ0) is 11.5. The van der Waals surface area contributed by atoms with Gasteiger partial charge in [-0.3, -0.25) is 0 Å². The van der Waals surface area contributed by atoms with Gasteiger partial charge in [0.1, 0.15) is 5.75 Å². The Balaban J connectivity index is 1.98. The quantitative estimate of drug-likeness (QED) is 0.902. The lowest BCUT2D eigenvalue weighted by atomic mass is 10.2. The molecule has 1 aromatic rings. The molecule has 0 heterocycles. The van der Waals surface area contributed by atoms with Crippen LogP contribution in [0.25, 0.3) is 0 Å². The summed E-state index contributed by atoms with van der Waals surface area (Å²) in [4.78, 5) is 10.8. The fraction of sp³-hybridized carbons (Fsp3) is 0.417. The summed E-state index contributed by atoms with van der Waals surface area (Å²) in [5.41, 5.74) is 0.246. The van der Waals surface area contributed by atoms with E-state index in [-0.39, 0.29) is 5.56 Å². The van der Waals surface area contributed by atoms with Crippen LogP contribution >= 0.6 is 15.9 Å². The molecule has 2 rings (SSSR count). The van der Waals surface area contributed by atoms with Crippen LogP contribution in [0.1, 0.15) is 29.6 Å². The van der Waals surface area contributed by atoms with E-state index in [9.17, 15) is 4.79 Å². The summed E-state index contributed by atoms with van der Waals surface area (Å²) in [6, 6.07) is 4.91. The van der Waals surface area contributed by atoms with Crippen LogP contribution in [-0.2, 0) is 0 Å². The molecule has 0 aromatic heterocycles. The maximum atomic E-state index is 10.8. The van der Waals surface area contributed by atoms with E-state index in [2.05, 4.69) is 15.9 Å². The van der Waals surface area contributed by atoms with Gasteiger partial charge in [-0.15, -0.1) is 0 Å². The van der Waals surface area contributed by atoms with E-state index in [0.29, 0.717) is 12.4 Å². The second-order valence-electron chi connectivity index (χ2n) is 4.06. The molecule has 86 valence electrons. The number of carboxylic acid groups (broad SMARTS) is 1. The van der Waals surface area contributed by atoms with Crippen molar-refractivity contribution in [2.75, 3.05) is 6.61 Å². The molecule has 0 amide bonds. The van der Waals surface area contributed by atoms with Crippen molar-refractivity contribution < 1.29 is 14.6 Å². The second-order valence-corrected chi connectivity index (χ2v) is 4.98. The van der Waals surface area contributed by atoms with Crippen LogP contribution in [0.3, 0.4) is 0 Å². The molecule has 4 heteroatoms. The Bertz CT molecular complexity index is 399. The summed E-state index contributed by atoms with van der Waals surface area (Å²) < 4.78 is 6.27. The van der Waals surface area contributed by atoms with Gasteiger partial charge in [-0.1, -0.05) is 28.8 Å². The van der Waals surface area contributed by atoms with Crippen molar-refractivity contribution in [3.8, 4) is 5.75 Å². The van der Waals surface area contributed by atoms with Gasteiger partial charge < -0.3 is 9.84 Å². The van der Waals surface area contributed by atoms with E-state index in [1.54, 1.807) is 18.2 Å². The van der Waals surface area contributed by atoms with Crippen molar-refractivity contribution in [3.05, 3.63) is 28.2 Å². The summed E-state index contributed by atoms with van der Waals surface area (Å²) in [7, 11) is 0. The maximum absolute atomic E-state index is 10.8. The number of aromatic carboxylic acids is 1. The van der Waals surface area contributed by atoms with Gasteiger partial charge in [0, 0.05) is 4.47 Å². The molecule has 1 N–H and O–H groups in total. The first-order chi connectivity index (χ1) is 7.65. The van der Waals surface area contributed by atoms with Gasteiger partial charge in [0.05, 0.1) is 12.2 Å². The number of benzene rings is 1. The van der Waals surface area contributed by atoms with Gasteiger partial charge in [0.25, 0.3) is 0 Å². The molecular weight excluding hydrogens is 272 g/mol. The van der Waals surface area contributed by atoms with Crippen LogP contribution < -0.4 is 4.74 Å². The minimum Gasteiger partial charge on any atom is -0.494 e. The van der Waals surface area contributed by atoms with E-state index < -0.39 is 5.97 Å². The summed E-state index contributed by atoms with van der Waals surface area (Å²) in [5.74, 6) is 0.506. The largest absolute Gasteiger partial charge is 0.494 e. The Morgan fingerprint density at radius 3 is 2.81 bits per heavy atom. The van der Waals surface area contributed by atoms with Crippen LogP contribution in [0, 0.1) is 5.92 Å². The fourth-order valence-electron chi connectivity index (χ4n) is 1.52. The van der Waals surface area contributed by atoms with Crippen LogP contribution in [0.5, 0.6) is 5.75 Å². The summed E-state index contributed by atoms with van der Waals surface area (Å²) >= 11 is 3.27. The number of carbonyl (C=O) groups is 1. The molecule has 1 fully saturated rings. The molecule has 1 aliphatic rings. The minimum atomic E-state index is -0.937. The highest BCUT2D eigenvalue weighted by Gasteiger charge is 2.20. The van der Waals surface area contributed by atoms with E-state index in [1.807, 2.05) is 0 Å². The topological polar surface area (TPSA) is 46.5 Å². The van der Waals surface area contributed by atoms with Crippen LogP contribution in [0.2, 0.25) is 0 Å². The van der Waals surface area contributed by atoms with Gasteiger partial charge in [-0.2, -0.15) is 0 Å². The first kappa shape index (κ1) is 11.5. The zero-order valence-electron chi connectivity index (χ0n) is 8.78. The van der Waals surface area contributed by atoms with Crippen LogP contribution in [0.15, 0.2) is 22.7 Å². The summed E-state index contributed by atoms with van der Waals surface area (Å²) in [6.07, 6.45) is 3.68. The predicted octanol–water partition coefficient (Wildman–Crippen LogP) is 3.33. The number of carboxylic acids is 1. The highest BCUT2D eigenvalue weighted by Crippen LogP contribution is 2.32. The molecule has 3 nitrogen and oxygen atoms in total. The van der Waals surface area contributed by atoms with Crippen molar-refractivity contribution in [2.24, 2.45) is 5.92 Å². The third-order valence-corrected chi connectivity index (χ3v) is 3.07. The number of rotatable bonds is 5. The highest BCUT2D eigenvalue weighted by molar-refractivity contribution is 9.10. The molecule has 0 radical (unpaired) electrons. The Labute approximate surface area is 103 Å². The van der Waals surface area contributed by atoms with Crippen molar-refractivity contribution in [1.29, 1.82) is 0 Å². The number of hydrogen-bond donors (Lipinski definition) is 1. The van der Waals surface area contributed by atoms with Crippen LogP contribution in [-0.4, -0.2) is 17.7 Å². The molecule has 0 spiro atoms. The minimum absolute atomic E-state index is 0.246. The molecule has 1 saturated carbocycles. The monoisotopic (exact) mass is 284 g/mol. The van der Waals surface area contributed by atoms with Gasteiger partial charge in [-0.05, 0) is 30.5 Å². The smallest absolute Gasteiger partial charge is 0.335 e. The number of ether oxygens (including phenoxy) is 1. The molecule has 0 bridgehead atoms. The SMILES string of the molecule is O=C(O)c1cc(Br)cc(OCCC2CC2)c1. The van der Waals surface area contributed by atoms with E-state index in [0.717, 1.165) is 16.8 Å². The summed E-state index contributed by atoms with van der Waals surface area (Å²) in [5, 5.41) is 8.88. The Morgan fingerprint density at radius 2 is 2.19 bits per heavy atom. The predicted molar refractivity (Wildman–Crippen MR) is 63.9 cm³/mol. The molecule has 0 saturated heterocycles. The van der Waals surface area contributed by atoms with E-state index in [4.69, 9.17) is 9.84 Å². The molecule has 0 unspecified atom stereocenters. The normalized spacial score (nSPS) is 14.8. The zero-order valence-corrected chi connectivity index (χ0v) is 10.4. The molecule has 0 aliphatic heterocycles. The molecule has 1 aliphatic carbocycles. The highest BCUT2D eigenvalue weighted by atomic mass is 79.9. The first-order valence-corrected chi connectivity index (χ1v) is 6.11. The van der Waals surface area contributed by atoms with Crippen molar-refractivity contribution in [2.45, 2.75) is 19.3 Å². The van der Waals surface area contributed by atoms with Crippen LogP contribution in [0.4, 0.5) is 0 Å². The van der Waals surface area contributed by atoms with Gasteiger partial charge in [-0.25, -0.2) is 4.79 Å². The average Bonchev–Trinajstić information content (AvgIpc) is 3.01. The molecule has 1 aromatic carbocycles. The van der Waals surface area contributed by atoms with Crippen molar-refractivity contribution in [3.63, 3.8) is 0 Å². The van der Waals surface area contributed by atoms with Gasteiger partial charge in [0.2, 0.25) is 0 Å². The molecular formula is C12H13BrO3. The van der Waals surface area contributed by atoms with E-state index >= 15 is 0 Å². The fourth-order valence-corrected chi connectivity index (χ4v) is 1.99. The Kier molecular flexibility index (Phi) is 3.49. The maximum Gasteiger partial charge on any atom is 0.335 e. The van der Waals surface area contributed by atoms with Crippen molar-refractivity contribution in [1.82, 2.24) is 0 Å². The first-order valence-electron chi connectivity index (χ1n) is 5.32. The van der Waals surface area contributed by atoms with Crippen molar-refractivity contribution >= 4 is 21.9 Å². The lowest BCUT2D eigenvalue weighted by molar-refractivity contribution is 0.0696.